The fourth-order valence-corrected chi connectivity index (χ4v) is 6.38. The topological polar surface area (TPSA) is 94.7 Å². The molecule has 2 aliphatic rings. The number of aromatic hydroxyl groups is 1. The number of carbonyl (C=O) groups is 1. The number of nitrogens with zero attached hydrogens (tertiary/aromatic N) is 1. The fraction of sp³-hybridized carbons (Fsp3) is 0.200. The van der Waals surface area contributed by atoms with Crippen LogP contribution in [0, 0.1) is 0 Å². The van der Waals surface area contributed by atoms with E-state index < -0.39 is 23.3 Å². The molecule has 2 aliphatic heterocycles. The lowest BCUT2D eigenvalue weighted by molar-refractivity contribution is -0.0151. The van der Waals surface area contributed by atoms with E-state index in [0.717, 1.165) is 22.4 Å². The molecular formula is C30H27N3O4S. The number of aromatic amines is 1. The van der Waals surface area contributed by atoms with Crippen LogP contribution in [0.3, 0.4) is 0 Å². The van der Waals surface area contributed by atoms with Crippen molar-refractivity contribution < 1.29 is 14.6 Å². The van der Waals surface area contributed by atoms with E-state index in [4.69, 9.17) is 4.74 Å². The zero-order valence-electron chi connectivity index (χ0n) is 20.6. The van der Waals surface area contributed by atoms with Gasteiger partial charge in [-0.25, -0.2) is 0 Å². The first-order valence-corrected chi connectivity index (χ1v) is 13.5. The average Bonchev–Trinajstić information content (AvgIpc) is 3.12. The molecule has 4 aromatic rings. The van der Waals surface area contributed by atoms with Crippen molar-refractivity contribution in [1.29, 1.82) is 0 Å². The third kappa shape index (κ3) is 4.51. The number of aromatic nitrogens is 1. The molecule has 2 atom stereocenters. The number of hydrogen-bond donors (Lipinski definition) is 3. The number of carbonyl (C=O) groups excluding carboxylic acids is 1. The second-order valence-electron chi connectivity index (χ2n) is 9.32. The van der Waals surface area contributed by atoms with Gasteiger partial charge in [-0.2, -0.15) is 0 Å². The minimum Gasteiger partial charge on any atom is -0.503 e. The molecule has 3 aromatic carbocycles. The first-order valence-electron chi connectivity index (χ1n) is 12.6. The van der Waals surface area contributed by atoms with Crippen LogP contribution in [-0.2, 0) is 10.5 Å². The number of hydrogen-bond acceptors (Lipinski definition) is 6. The Labute approximate surface area is 224 Å². The predicted octanol–water partition coefficient (Wildman–Crippen LogP) is 4.53. The van der Waals surface area contributed by atoms with Crippen molar-refractivity contribution in [3.8, 4) is 16.9 Å². The van der Waals surface area contributed by atoms with E-state index >= 15 is 0 Å². The first-order chi connectivity index (χ1) is 18.6. The number of morpholine rings is 1. The highest BCUT2D eigenvalue weighted by Crippen LogP contribution is 2.43. The summed E-state index contributed by atoms with van der Waals surface area (Å²) in [4.78, 5) is 31.1. The van der Waals surface area contributed by atoms with E-state index in [9.17, 15) is 14.7 Å². The molecule has 0 radical (unpaired) electrons. The highest BCUT2D eigenvalue weighted by atomic mass is 32.2. The average molecular weight is 526 g/mol. The van der Waals surface area contributed by atoms with Crippen LogP contribution in [0.15, 0.2) is 94.7 Å². The maximum Gasteiger partial charge on any atom is 0.275 e. The van der Waals surface area contributed by atoms with Crippen molar-refractivity contribution in [2.75, 3.05) is 19.8 Å². The summed E-state index contributed by atoms with van der Waals surface area (Å²) >= 11 is 1.81. The number of nitrogens with one attached hydrogen (secondary N) is 2. The SMILES string of the molecule is O=C(c1[nH]ccc(=O)c1O)N1CCOC[C@@H]1NC1c2ccccc2SCc2c(-c3ccccc3)cccc21. The normalized spacial score (nSPS) is 18.8. The number of H-pyrrole nitrogens is 1. The lowest BCUT2D eigenvalue weighted by Gasteiger charge is -2.38. The molecule has 0 aliphatic carbocycles. The fourth-order valence-electron chi connectivity index (χ4n) is 5.23. The summed E-state index contributed by atoms with van der Waals surface area (Å²) in [6.07, 6.45) is 0.895. The molecule has 1 unspecified atom stereocenters. The van der Waals surface area contributed by atoms with E-state index in [1.54, 1.807) is 4.90 Å². The van der Waals surface area contributed by atoms with Crippen LogP contribution in [0.4, 0.5) is 0 Å². The van der Waals surface area contributed by atoms with E-state index in [-0.39, 0.29) is 18.3 Å². The largest absolute Gasteiger partial charge is 0.503 e. The van der Waals surface area contributed by atoms with E-state index in [1.807, 2.05) is 30.0 Å². The summed E-state index contributed by atoms with van der Waals surface area (Å²) in [7, 11) is 0. The molecule has 0 saturated carbocycles. The van der Waals surface area contributed by atoms with Gasteiger partial charge in [0.15, 0.2) is 11.4 Å². The second kappa shape index (κ2) is 10.5. The van der Waals surface area contributed by atoms with Gasteiger partial charge in [-0.05, 0) is 33.9 Å². The summed E-state index contributed by atoms with van der Waals surface area (Å²) in [5, 5.41) is 14.0. The van der Waals surface area contributed by atoms with Crippen molar-refractivity contribution >= 4 is 17.7 Å². The molecule has 7 nitrogen and oxygen atoms in total. The van der Waals surface area contributed by atoms with E-state index in [0.29, 0.717) is 13.2 Å². The van der Waals surface area contributed by atoms with Gasteiger partial charge in [0.2, 0.25) is 5.43 Å². The van der Waals surface area contributed by atoms with Crippen molar-refractivity contribution in [3.63, 3.8) is 0 Å². The van der Waals surface area contributed by atoms with Crippen molar-refractivity contribution in [1.82, 2.24) is 15.2 Å². The van der Waals surface area contributed by atoms with Gasteiger partial charge in [-0.3, -0.25) is 14.9 Å². The molecule has 0 bridgehead atoms. The summed E-state index contributed by atoms with van der Waals surface area (Å²) in [6, 6.07) is 26.1. The van der Waals surface area contributed by atoms with Gasteiger partial charge in [0.25, 0.3) is 5.91 Å². The zero-order valence-corrected chi connectivity index (χ0v) is 21.4. The summed E-state index contributed by atoms with van der Waals surface area (Å²) in [5.41, 5.74) is 5.17. The number of fused-ring (bicyclic) bond motifs is 2. The Morgan fingerprint density at radius 1 is 1.00 bits per heavy atom. The number of rotatable bonds is 4. The van der Waals surface area contributed by atoms with Gasteiger partial charge in [-0.15, -0.1) is 11.8 Å². The van der Waals surface area contributed by atoms with Crippen LogP contribution < -0.4 is 10.7 Å². The Balaban J connectivity index is 1.42. The number of ether oxygens (including phenoxy) is 1. The van der Waals surface area contributed by atoms with Gasteiger partial charge >= 0.3 is 0 Å². The van der Waals surface area contributed by atoms with Crippen LogP contribution in [0.2, 0.25) is 0 Å². The first kappa shape index (κ1) is 24.5. The summed E-state index contributed by atoms with van der Waals surface area (Å²) in [5.74, 6) is -0.203. The maximum atomic E-state index is 13.5. The smallest absolute Gasteiger partial charge is 0.275 e. The number of amides is 1. The highest BCUT2D eigenvalue weighted by molar-refractivity contribution is 7.98. The minimum atomic E-state index is -0.595. The molecule has 192 valence electrons. The van der Waals surface area contributed by atoms with Crippen LogP contribution in [0.5, 0.6) is 5.75 Å². The lowest BCUT2D eigenvalue weighted by Crippen LogP contribution is -2.56. The van der Waals surface area contributed by atoms with Gasteiger partial charge in [0.05, 0.1) is 19.3 Å². The minimum absolute atomic E-state index is 0.116. The van der Waals surface area contributed by atoms with E-state index in [1.165, 1.54) is 28.3 Å². The van der Waals surface area contributed by atoms with Crippen molar-refractivity contribution in [2.45, 2.75) is 22.9 Å². The van der Waals surface area contributed by atoms with Crippen LogP contribution in [0.25, 0.3) is 11.1 Å². The molecule has 3 N–H and O–H groups in total. The molecule has 3 heterocycles. The van der Waals surface area contributed by atoms with Crippen molar-refractivity contribution in [3.05, 3.63) is 118 Å². The molecule has 1 fully saturated rings. The Hall–Kier alpha value is -3.85. The second-order valence-corrected chi connectivity index (χ2v) is 10.3. The van der Waals surface area contributed by atoms with Crippen molar-refractivity contribution in [2.24, 2.45) is 0 Å². The third-order valence-corrected chi connectivity index (χ3v) is 8.22. The van der Waals surface area contributed by atoms with Gasteiger partial charge in [0, 0.05) is 29.5 Å². The molecule has 1 amide bonds. The molecule has 1 aromatic heterocycles. The number of benzene rings is 3. The molecule has 1 saturated heterocycles. The monoisotopic (exact) mass is 525 g/mol. The molecular weight excluding hydrogens is 498 g/mol. The molecule has 8 heteroatoms. The summed E-state index contributed by atoms with van der Waals surface area (Å²) in [6.45, 7) is 0.976. The molecule has 38 heavy (non-hydrogen) atoms. The van der Waals surface area contributed by atoms with Gasteiger partial charge in [-0.1, -0.05) is 66.7 Å². The maximum absolute atomic E-state index is 13.5. The highest BCUT2D eigenvalue weighted by Gasteiger charge is 2.34. The number of thioether (sulfide) groups is 1. The Morgan fingerprint density at radius 3 is 2.66 bits per heavy atom. The standard InChI is InChI=1S/C30H27N3O4S/c34-24-13-14-31-28(29(24)35)30(36)33-15-16-37-17-26(33)32-27-21-11-6-10-20(19-7-2-1-3-8-19)23(21)18-38-25-12-5-4-9-22(25)27/h1-14,26-27,32,35H,15-18H2,(H,31,34)/t26-,27?/m1/s1. The zero-order chi connectivity index (χ0) is 26.1. The predicted molar refractivity (Wildman–Crippen MR) is 147 cm³/mol. The quantitative estimate of drug-likeness (QED) is 0.363. The third-order valence-electron chi connectivity index (χ3n) is 7.10. The summed E-state index contributed by atoms with van der Waals surface area (Å²) < 4.78 is 5.80. The van der Waals surface area contributed by atoms with Crippen LogP contribution >= 0.6 is 11.8 Å². The van der Waals surface area contributed by atoms with Gasteiger partial charge in [0.1, 0.15) is 6.17 Å². The van der Waals surface area contributed by atoms with E-state index in [2.05, 4.69) is 64.9 Å². The van der Waals surface area contributed by atoms with Crippen LogP contribution in [-0.4, -0.2) is 46.8 Å². The lowest BCUT2D eigenvalue weighted by atomic mass is 9.89. The Morgan fingerprint density at radius 2 is 1.79 bits per heavy atom. The Kier molecular flexibility index (Phi) is 6.76. The van der Waals surface area contributed by atoms with Crippen LogP contribution in [0.1, 0.15) is 33.2 Å². The molecule has 6 rings (SSSR count). The number of pyridine rings is 1. The molecule has 0 spiro atoms. The van der Waals surface area contributed by atoms with Gasteiger partial charge < -0.3 is 19.7 Å². The Bertz CT molecular complexity index is 1540.